The first-order chi connectivity index (χ1) is 10.2. The Hall–Kier alpha value is -0.750. The predicted octanol–water partition coefficient (Wildman–Crippen LogP) is 5.82. The average molecular weight is 402 g/mol. The lowest BCUT2D eigenvalue weighted by Gasteiger charge is -2.21. The number of thiophene rings is 2. The van der Waals surface area contributed by atoms with Crippen molar-refractivity contribution in [2.75, 3.05) is 13.2 Å². The van der Waals surface area contributed by atoms with Crippen molar-refractivity contribution in [3.05, 3.63) is 44.6 Å². The fourth-order valence-corrected chi connectivity index (χ4v) is 5.51. The van der Waals surface area contributed by atoms with Crippen molar-refractivity contribution in [3.63, 3.8) is 0 Å². The van der Waals surface area contributed by atoms with Crippen molar-refractivity contribution in [1.29, 1.82) is 0 Å². The third-order valence-corrected chi connectivity index (χ3v) is 6.79. The molecule has 1 aromatic carbocycles. The molecule has 0 fully saturated rings. The summed E-state index contributed by atoms with van der Waals surface area (Å²) in [7, 11) is 0. The summed E-state index contributed by atoms with van der Waals surface area (Å²) in [4.78, 5) is 1.15. The number of halogens is 2. The van der Waals surface area contributed by atoms with Crippen LogP contribution in [-0.4, -0.2) is 13.2 Å². The molecule has 3 heterocycles. The van der Waals surface area contributed by atoms with Gasteiger partial charge in [0.2, 0.25) is 0 Å². The van der Waals surface area contributed by atoms with Crippen LogP contribution in [0.3, 0.4) is 0 Å². The average Bonchev–Trinajstić information content (AvgIpc) is 3.07. The molecule has 0 saturated carbocycles. The van der Waals surface area contributed by atoms with Crippen LogP contribution in [0.25, 0.3) is 9.40 Å². The highest BCUT2D eigenvalue weighted by molar-refractivity contribution is 9.10. The number of rotatable bonds is 2. The summed E-state index contributed by atoms with van der Waals surface area (Å²) < 4.78 is 14.8. The van der Waals surface area contributed by atoms with Crippen LogP contribution in [0.4, 0.5) is 0 Å². The van der Waals surface area contributed by atoms with Crippen LogP contribution >= 0.6 is 50.2 Å². The van der Waals surface area contributed by atoms with Crippen molar-refractivity contribution < 1.29 is 9.47 Å². The Morgan fingerprint density at radius 3 is 2.62 bits per heavy atom. The molecule has 2 aromatic heterocycles. The van der Waals surface area contributed by atoms with Gasteiger partial charge in [0.05, 0.1) is 5.38 Å². The van der Waals surface area contributed by atoms with Crippen molar-refractivity contribution in [1.82, 2.24) is 0 Å². The van der Waals surface area contributed by atoms with Gasteiger partial charge in [0, 0.05) is 18.7 Å². The number of hydrogen-bond donors (Lipinski definition) is 0. The van der Waals surface area contributed by atoms with Crippen molar-refractivity contribution >= 4 is 59.6 Å². The van der Waals surface area contributed by atoms with Gasteiger partial charge >= 0.3 is 0 Å². The molecular weight excluding hydrogens is 392 g/mol. The molecular formula is C15H10BrClO2S2. The van der Waals surface area contributed by atoms with E-state index in [1.165, 1.54) is 9.40 Å². The maximum absolute atomic E-state index is 6.70. The highest BCUT2D eigenvalue weighted by atomic mass is 79.9. The molecule has 0 saturated heterocycles. The summed E-state index contributed by atoms with van der Waals surface area (Å²) >= 11 is 13.8. The smallest absolute Gasteiger partial charge is 0.162 e. The lowest BCUT2D eigenvalue weighted by molar-refractivity contribution is 0.171. The molecule has 108 valence electrons. The van der Waals surface area contributed by atoms with Gasteiger partial charge in [-0.1, -0.05) is 15.9 Å². The zero-order valence-electron chi connectivity index (χ0n) is 10.8. The van der Waals surface area contributed by atoms with E-state index in [4.69, 9.17) is 21.1 Å². The molecule has 21 heavy (non-hydrogen) atoms. The molecule has 6 heteroatoms. The Labute approximate surface area is 143 Å². The van der Waals surface area contributed by atoms with E-state index in [9.17, 15) is 0 Å². The minimum atomic E-state index is -0.195. The highest BCUT2D eigenvalue weighted by Gasteiger charge is 2.21. The monoisotopic (exact) mass is 400 g/mol. The number of fused-ring (bicyclic) bond motifs is 2. The summed E-state index contributed by atoms with van der Waals surface area (Å²) in [5.74, 6) is 1.54. The van der Waals surface area contributed by atoms with Gasteiger partial charge in [0.25, 0.3) is 0 Å². The first-order valence-corrected chi connectivity index (χ1v) is 9.35. The van der Waals surface area contributed by atoms with E-state index in [1.54, 1.807) is 22.7 Å². The zero-order valence-corrected chi connectivity index (χ0v) is 14.7. The highest BCUT2D eigenvalue weighted by Crippen LogP contribution is 2.44. The molecule has 1 aliphatic rings. The minimum absolute atomic E-state index is 0.195. The molecule has 2 nitrogen and oxygen atoms in total. The van der Waals surface area contributed by atoms with Gasteiger partial charge < -0.3 is 9.47 Å². The van der Waals surface area contributed by atoms with Gasteiger partial charge in [0.1, 0.15) is 13.2 Å². The standard InChI is InChI=1S/C15H10BrClO2S2/c16-9-6-11-10(18-2-3-19-11)5-8(9)15(17)14-7-13-12(21-14)1-4-20-13/h1,4-7,15H,2-3H2. The van der Waals surface area contributed by atoms with Gasteiger partial charge in [-0.05, 0) is 35.2 Å². The molecule has 0 radical (unpaired) electrons. The summed E-state index contributed by atoms with van der Waals surface area (Å²) in [5.41, 5.74) is 1.01. The van der Waals surface area contributed by atoms with Crippen molar-refractivity contribution in [2.24, 2.45) is 0 Å². The maximum atomic E-state index is 6.70. The zero-order chi connectivity index (χ0) is 14.4. The summed E-state index contributed by atoms with van der Waals surface area (Å²) in [6.07, 6.45) is 0. The van der Waals surface area contributed by atoms with Crippen LogP contribution in [0.1, 0.15) is 15.8 Å². The minimum Gasteiger partial charge on any atom is -0.486 e. The normalized spacial score (nSPS) is 15.3. The van der Waals surface area contributed by atoms with Crippen LogP contribution in [0, 0.1) is 0 Å². The molecule has 0 spiro atoms. The SMILES string of the molecule is ClC(c1cc2sccc2s1)c1cc2c(cc1Br)OCCO2. The topological polar surface area (TPSA) is 18.5 Å². The van der Waals surface area contributed by atoms with Gasteiger partial charge in [-0.2, -0.15) is 0 Å². The third-order valence-electron chi connectivity index (χ3n) is 3.34. The quantitative estimate of drug-likeness (QED) is 0.503. The molecule has 0 bridgehead atoms. The van der Waals surface area contributed by atoms with E-state index < -0.39 is 0 Å². The fraction of sp³-hybridized carbons (Fsp3) is 0.200. The van der Waals surface area contributed by atoms with E-state index in [0.717, 1.165) is 26.4 Å². The lowest BCUT2D eigenvalue weighted by atomic mass is 10.1. The van der Waals surface area contributed by atoms with Crippen LogP contribution < -0.4 is 9.47 Å². The van der Waals surface area contributed by atoms with Gasteiger partial charge in [0.15, 0.2) is 11.5 Å². The first-order valence-electron chi connectivity index (χ1n) is 6.42. The van der Waals surface area contributed by atoms with E-state index >= 15 is 0 Å². The molecule has 0 aliphatic carbocycles. The summed E-state index contributed by atoms with van der Waals surface area (Å²) in [6.45, 7) is 1.17. The molecule has 3 aromatic rings. The first kappa shape index (κ1) is 13.9. The number of hydrogen-bond acceptors (Lipinski definition) is 4. The third kappa shape index (κ3) is 2.46. The maximum Gasteiger partial charge on any atom is 0.162 e. The van der Waals surface area contributed by atoms with Gasteiger partial charge in [-0.15, -0.1) is 34.3 Å². The Morgan fingerprint density at radius 1 is 1.10 bits per heavy atom. The Balaban J connectivity index is 1.76. The second-order valence-electron chi connectivity index (χ2n) is 4.68. The molecule has 1 unspecified atom stereocenters. The molecule has 4 rings (SSSR count). The molecule has 0 N–H and O–H groups in total. The molecule has 0 amide bonds. The largest absolute Gasteiger partial charge is 0.486 e. The van der Waals surface area contributed by atoms with E-state index in [-0.39, 0.29) is 5.38 Å². The number of ether oxygens (including phenoxy) is 2. The Morgan fingerprint density at radius 2 is 1.86 bits per heavy atom. The van der Waals surface area contributed by atoms with Gasteiger partial charge in [-0.25, -0.2) is 0 Å². The predicted molar refractivity (Wildman–Crippen MR) is 92.5 cm³/mol. The van der Waals surface area contributed by atoms with Crippen LogP contribution in [0.2, 0.25) is 0 Å². The molecule has 1 atom stereocenters. The number of benzene rings is 1. The van der Waals surface area contributed by atoms with Crippen LogP contribution in [0.15, 0.2) is 34.1 Å². The lowest BCUT2D eigenvalue weighted by Crippen LogP contribution is -2.15. The summed E-state index contributed by atoms with van der Waals surface area (Å²) in [5, 5.41) is 1.91. The van der Waals surface area contributed by atoms with Crippen LogP contribution in [0.5, 0.6) is 11.5 Å². The van der Waals surface area contributed by atoms with Crippen molar-refractivity contribution in [3.8, 4) is 11.5 Å². The van der Waals surface area contributed by atoms with Crippen molar-refractivity contribution in [2.45, 2.75) is 5.38 Å². The second-order valence-corrected chi connectivity index (χ2v) is 8.03. The summed E-state index contributed by atoms with van der Waals surface area (Å²) in [6, 6.07) is 8.22. The van der Waals surface area contributed by atoms with Crippen LogP contribution in [-0.2, 0) is 0 Å². The Bertz CT molecular complexity index is 783. The van der Waals surface area contributed by atoms with Gasteiger partial charge in [-0.3, -0.25) is 0 Å². The Kier molecular flexibility index (Phi) is 3.61. The second kappa shape index (κ2) is 5.47. The number of alkyl halides is 1. The fourth-order valence-electron chi connectivity index (χ4n) is 2.34. The molecule has 1 aliphatic heterocycles. The van der Waals surface area contributed by atoms with E-state index in [1.807, 2.05) is 12.1 Å². The van der Waals surface area contributed by atoms with E-state index in [2.05, 4.69) is 33.4 Å². The van der Waals surface area contributed by atoms with E-state index in [0.29, 0.717) is 13.2 Å².